The lowest BCUT2D eigenvalue weighted by molar-refractivity contribution is -0.200. The number of halogens is 5. The fourth-order valence-electron chi connectivity index (χ4n) is 3.14. The monoisotopic (exact) mass is 544 g/mol. The summed E-state index contributed by atoms with van der Waals surface area (Å²) in [6.45, 7) is 1.75. The lowest BCUT2D eigenvalue weighted by Gasteiger charge is -2.23. The number of methoxy groups -OCH3 is 1. The molecule has 0 bridgehead atoms. The van der Waals surface area contributed by atoms with Gasteiger partial charge < -0.3 is 20.0 Å². The summed E-state index contributed by atoms with van der Waals surface area (Å²) in [5, 5.41) is 4.20. The molecular weight excluding hydrogens is 524 g/mol. The third kappa shape index (κ3) is 6.30. The van der Waals surface area contributed by atoms with E-state index < -0.39 is 29.4 Å². The molecule has 0 radical (unpaired) electrons. The van der Waals surface area contributed by atoms with Gasteiger partial charge in [-0.05, 0) is 37.3 Å². The maximum Gasteiger partial charge on any atom is 0.493 e. The molecule has 0 unspecified atom stereocenters. The molecule has 1 heterocycles. The number of aromatic nitrogens is 2. The zero-order valence-corrected chi connectivity index (χ0v) is 20.4. The van der Waals surface area contributed by atoms with Crippen molar-refractivity contribution in [3.8, 4) is 22.8 Å². The van der Waals surface area contributed by atoms with Crippen LogP contribution in [0.4, 0.5) is 23.2 Å². The number of carbonyl (C=O) groups is 2. The van der Waals surface area contributed by atoms with Crippen molar-refractivity contribution in [1.82, 2.24) is 9.78 Å². The average molecular weight is 545 g/mol. The first-order valence-electron chi connectivity index (χ1n) is 10.5. The fourth-order valence-corrected chi connectivity index (χ4v) is 3.41. The summed E-state index contributed by atoms with van der Waals surface area (Å²) < 4.78 is 65.7. The van der Waals surface area contributed by atoms with Crippen molar-refractivity contribution in [2.24, 2.45) is 12.8 Å². The van der Waals surface area contributed by atoms with Gasteiger partial charge in [0.25, 0.3) is 5.91 Å². The highest BCUT2D eigenvalue weighted by Gasteiger charge is 2.44. The number of alkyl halides is 3. The minimum atomic E-state index is -5.45. The van der Waals surface area contributed by atoms with Crippen LogP contribution in [0.25, 0.3) is 11.3 Å². The van der Waals surface area contributed by atoms with Gasteiger partial charge in [0, 0.05) is 24.7 Å². The predicted molar refractivity (Wildman–Crippen MR) is 125 cm³/mol. The molecule has 0 aliphatic heterocycles. The smallest absolute Gasteiger partial charge is 0.493 e. The number of benzene rings is 2. The quantitative estimate of drug-likeness (QED) is 0.349. The van der Waals surface area contributed by atoms with Gasteiger partial charge in [0.15, 0.2) is 0 Å². The van der Waals surface area contributed by atoms with Crippen molar-refractivity contribution >= 4 is 29.2 Å². The van der Waals surface area contributed by atoms with Crippen LogP contribution in [0.1, 0.15) is 17.3 Å². The summed E-state index contributed by atoms with van der Waals surface area (Å²) in [4.78, 5) is 29.3. The molecule has 1 aromatic heterocycles. The number of nitrogens with zero attached hydrogens (tertiary/aromatic N) is 3. The van der Waals surface area contributed by atoms with Crippen LogP contribution in [-0.4, -0.2) is 47.6 Å². The van der Waals surface area contributed by atoms with Crippen LogP contribution in [-0.2, 0) is 16.7 Å². The van der Waals surface area contributed by atoms with Gasteiger partial charge in [-0.1, -0.05) is 11.6 Å². The highest BCUT2D eigenvalue weighted by atomic mass is 35.5. The Morgan fingerprint density at radius 2 is 1.92 bits per heavy atom. The molecule has 2 N–H and O–H groups in total. The largest absolute Gasteiger partial charge is 0.497 e. The molecule has 3 rings (SSSR count). The summed E-state index contributed by atoms with van der Waals surface area (Å²) in [5.41, 5.74) is 5.15. The van der Waals surface area contributed by atoms with Gasteiger partial charge >= 0.3 is 12.1 Å². The Bertz CT molecular complexity index is 1290. The number of hydrogen-bond acceptors (Lipinski definition) is 7. The molecule has 1 atom stereocenters. The van der Waals surface area contributed by atoms with Crippen LogP contribution in [0.15, 0.2) is 42.6 Å². The molecule has 198 valence electrons. The molecule has 2 aromatic carbocycles. The van der Waals surface area contributed by atoms with E-state index in [4.69, 9.17) is 26.8 Å². The number of carbonyl (C=O) groups excluding carboxylic acids is 2. The van der Waals surface area contributed by atoms with Gasteiger partial charge in [0.05, 0.1) is 35.3 Å². The Morgan fingerprint density at radius 1 is 1.22 bits per heavy atom. The van der Waals surface area contributed by atoms with Crippen molar-refractivity contribution in [2.45, 2.75) is 19.1 Å². The molecule has 1 amide bonds. The number of anilines is 1. The van der Waals surface area contributed by atoms with Crippen LogP contribution in [0.2, 0.25) is 5.02 Å². The number of hydroxylamine groups is 1. The summed E-state index contributed by atoms with van der Waals surface area (Å²) in [7, 11) is 2.80. The van der Waals surface area contributed by atoms with Crippen LogP contribution in [0.3, 0.4) is 0 Å². The molecule has 0 saturated heterocycles. The molecule has 9 nitrogen and oxygen atoms in total. The van der Waals surface area contributed by atoms with E-state index in [9.17, 15) is 27.2 Å². The molecule has 0 aliphatic carbocycles. The maximum absolute atomic E-state index is 14.6. The van der Waals surface area contributed by atoms with E-state index in [2.05, 4.69) is 9.94 Å². The minimum absolute atomic E-state index is 0.0316. The Balaban J connectivity index is 2.17. The standard InChI is InChI=1S/C23H21ClF4N4O5/c1-12(29)11-36-19-7-4-13(8-16(19)20-17(24)10-30-31(20)2)32(37-22(34)23(26,27)28)21(33)15-6-5-14(35-3)9-18(15)25/h4-10,12H,11,29H2,1-3H3/t12-/m1/s1. The van der Waals surface area contributed by atoms with Crippen LogP contribution < -0.4 is 20.3 Å². The molecule has 0 spiro atoms. The van der Waals surface area contributed by atoms with E-state index in [0.29, 0.717) is 0 Å². The number of ether oxygens (including phenoxy) is 2. The molecule has 0 aliphatic rings. The lowest BCUT2D eigenvalue weighted by atomic mass is 10.1. The summed E-state index contributed by atoms with van der Waals surface area (Å²) >= 11 is 6.26. The molecular formula is C23H21ClF4N4O5. The van der Waals surface area contributed by atoms with Crippen LogP contribution >= 0.6 is 11.6 Å². The van der Waals surface area contributed by atoms with Gasteiger partial charge in [-0.3, -0.25) is 9.48 Å². The zero-order valence-electron chi connectivity index (χ0n) is 19.7. The van der Waals surface area contributed by atoms with Gasteiger partial charge in [0.1, 0.15) is 23.9 Å². The van der Waals surface area contributed by atoms with Gasteiger partial charge in [-0.25, -0.2) is 9.18 Å². The highest BCUT2D eigenvalue weighted by Crippen LogP contribution is 2.38. The number of amides is 1. The first-order valence-corrected chi connectivity index (χ1v) is 10.9. The van der Waals surface area contributed by atoms with Crippen molar-refractivity contribution in [3.63, 3.8) is 0 Å². The summed E-state index contributed by atoms with van der Waals surface area (Å²) in [6, 6.07) is 6.30. The van der Waals surface area contributed by atoms with Crippen molar-refractivity contribution in [2.75, 3.05) is 18.8 Å². The molecule has 3 aromatic rings. The second-order valence-electron chi connectivity index (χ2n) is 7.76. The predicted octanol–water partition coefficient (Wildman–Crippen LogP) is 4.28. The highest BCUT2D eigenvalue weighted by molar-refractivity contribution is 6.33. The summed E-state index contributed by atoms with van der Waals surface area (Å²) in [6.07, 6.45) is -4.14. The van der Waals surface area contributed by atoms with E-state index in [1.807, 2.05) is 0 Å². The van der Waals surface area contributed by atoms with Gasteiger partial charge in [-0.2, -0.15) is 18.3 Å². The third-order valence-corrected chi connectivity index (χ3v) is 5.12. The molecule has 0 saturated carbocycles. The average Bonchev–Trinajstić information content (AvgIpc) is 3.17. The maximum atomic E-state index is 14.6. The Labute approximate surface area is 213 Å². The van der Waals surface area contributed by atoms with E-state index >= 15 is 0 Å². The SMILES string of the molecule is COc1ccc(C(=O)N(OC(=O)C(F)(F)F)c2ccc(OC[C@@H](C)N)c(-c3c(Cl)cnn3C)c2)c(F)c1. The topological polar surface area (TPSA) is 109 Å². The van der Waals surface area contributed by atoms with Gasteiger partial charge in [0.2, 0.25) is 0 Å². The van der Waals surface area contributed by atoms with Crippen LogP contribution in [0.5, 0.6) is 11.5 Å². The number of nitrogens with two attached hydrogens (primary N) is 1. The Hall–Kier alpha value is -3.84. The minimum Gasteiger partial charge on any atom is -0.497 e. The van der Waals surface area contributed by atoms with E-state index in [0.717, 1.165) is 18.2 Å². The number of aryl methyl sites for hydroxylation is 1. The molecule has 14 heteroatoms. The second-order valence-corrected chi connectivity index (χ2v) is 8.16. The second kappa shape index (κ2) is 11.0. The molecule has 0 fully saturated rings. The van der Waals surface area contributed by atoms with Crippen molar-refractivity contribution < 1.29 is 41.5 Å². The van der Waals surface area contributed by atoms with E-state index in [-0.39, 0.29) is 51.2 Å². The van der Waals surface area contributed by atoms with Crippen molar-refractivity contribution in [3.05, 3.63) is 59.0 Å². The van der Waals surface area contributed by atoms with E-state index in [1.54, 1.807) is 14.0 Å². The van der Waals surface area contributed by atoms with Crippen LogP contribution in [0, 0.1) is 5.82 Å². The van der Waals surface area contributed by atoms with Gasteiger partial charge in [-0.15, -0.1) is 5.06 Å². The summed E-state index contributed by atoms with van der Waals surface area (Å²) in [5.74, 6) is -4.98. The zero-order chi connectivity index (χ0) is 27.5. The first-order chi connectivity index (χ1) is 17.3. The van der Waals surface area contributed by atoms with E-state index in [1.165, 1.54) is 36.2 Å². The fraction of sp³-hybridized carbons (Fsp3) is 0.261. The third-order valence-electron chi connectivity index (χ3n) is 4.85. The Morgan fingerprint density at radius 3 is 2.46 bits per heavy atom. The normalized spacial score (nSPS) is 12.1. The lowest BCUT2D eigenvalue weighted by Crippen LogP contribution is -2.39. The first kappa shape index (κ1) is 27.7. The number of rotatable bonds is 7. The number of hydrogen-bond donors (Lipinski definition) is 1. The van der Waals surface area contributed by atoms with Crippen molar-refractivity contribution in [1.29, 1.82) is 0 Å². The molecule has 37 heavy (non-hydrogen) atoms. The Kier molecular flexibility index (Phi) is 8.28.